The quantitative estimate of drug-likeness (QED) is 0.927. The van der Waals surface area contributed by atoms with Crippen LogP contribution in [0.15, 0.2) is 29.4 Å². The van der Waals surface area contributed by atoms with Crippen LogP contribution in [0.5, 0.6) is 0 Å². The monoisotopic (exact) mass is 344 g/mol. The van der Waals surface area contributed by atoms with Crippen molar-refractivity contribution in [1.29, 1.82) is 0 Å². The standard InChI is InChI=1S/C13H14ClFN4O2S/c14-10-7-9(15)4-5-12(10)22(20,21)19-6-2-1-3-11(19)13-16-8-17-18-13/h4-5,7-8,11H,1-3,6H2,(H,16,17,18)/t11-/m0/s1. The van der Waals surface area contributed by atoms with Gasteiger partial charge in [-0.2, -0.15) is 9.40 Å². The topological polar surface area (TPSA) is 79.0 Å². The number of rotatable bonds is 3. The first-order valence-corrected chi connectivity index (χ1v) is 8.64. The largest absolute Gasteiger partial charge is 0.262 e. The van der Waals surface area contributed by atoms with Crippen molar-refractivity contribution in [3.63, 3.8) is 0 Å². The predicted octanol–water partition coefficient (Wildman–Crippen LogP) is 2.51. The van der Waals surface area contributed by atoms with Crippen LogP contribution in [0.1, 0.15) is 31.1 Å². The lowest BCUT2D eigenvalue weighted by Gasteiger charge is -2.33. The van der Waals surface area contributed by atoms with E-state index in [2.05, 4.69) is 15.2 Å². The Morgan fingerprint density at radius 3 is 2.86 bits per heavy atom. The van der Waals surface area contributed by atoms with Crippen LogP contribution < -0.4 is 0 Å². The molecule has 22 heavy (non-hydrogen) atoms. The number of nitrogens with zero attached hydrogens (tertiary/aromatic N) is 3. The Hall–Kier alpha value is -1.51. The van der Waals surface area contributed by atoms with Gasteiger partial charge < -0.3 is 0 Å². The van der Waals surface area contributed by atoms with E-state index in [1.165, 1.54) is 16.7 Å². The van der Waals surface area contributed by atoms with Crippen molar-refractivity contribution in [3.8, 4) is 0 Å². The van der Waals surface area contributed by atoms with Crippen LogP contribution in [0.25, 0.3) is 0 Å². The van der Waals surface area contributed by atoms with E-state index in [1.54, 1.807) is 0 Å². The first-order valence-electron chi connectivity index (χ1n) is 6.82. The summed E-state index contributed by atoms with van der Waals surface area (Å²) in [6.07, 6.45) is 3.64. The highest BCUT2D eigenvalue weighted by Crippen LogP contribution is 2.35. The highest BCUT2D eigenvalue weighted by molar-refractivity contribution is 7.89. The lowest BCUT2D eigenvalue weighted by molar-refractivity contribution is 0.247. The van der Waals surface area contributed by atoms with Crippen LogP contribution in [0, 0.1) is 5.82 Å². The molecule has 9 heteroatoms. The maximum absolute atomic E-state index is 13.2. The minimum atomic E-state index is -3.84. The number of aromatic amines is 1. The molecule has 2 heterocycles. The van der Waals surface area contributed by atoms with Crippen LogP contribution in [0.4, 0.5) is 4.39 Å². The molecular formula is C13H14ClFN4O2S. The van der Waals surface area contributed by atoms with E-state index < -0.39 is 21.9 Å². The molecule has 1 fully saturated rings. The van der Waals surface area contributed by atoms with Gasteiger partial charge in [-0.05, 0) is 31.0 Å². The van der Waals surface area contributed by atoms with Crippen LogP contribution in [-0.4, -0.2) is 34.4 Å². The second-order valence-corrected chi connectivity index (χ2v) is 7.34. The first kappa shape index (κ1) is 15.4. The van der Waals surface area contributed by atoms with Gasteiger partial charge in [0.2, 0.25) is 10.0 Å². The van der Waals surface area contributed by atoms with Gasteiger partial charge in [0.25, 0.3) is 0 Å². The maximum Gasteiger partial charge on any atom is 0.245 e. The van der Waals surface area contributed by atoms with Gasteiger partial charge in [0.15, 0.2) is 0 Å². The molecule has 1 aromatic heterocycles. The van der Waals surface area contributed by atoms with Crippen molar-refractivity contribution in [1.82, 2.24) is 19.5 Å². The number of halogens is 2. The number of hydrogen-bond donors (Lipinski definition) is 1. The van der Waals surface area contributed by atoms with Crippen molar-refractivity contribution in [2.75, 3.05) is 6.54 Å². The molecule has 1 atom stereocenters. The summed E-state index contributed by atoms with van der Waals surface area (Å²) in [5, 5.41) is 6.38. The Balaban J connectivity index is 2.02. The Kier molecular flexibility index (Phi) is 4.16. The molecule has 0 radical (unpaired) electrons. The van der Waals surface area contributed by atoms with Crippen LogP contribution in [0.3, 0.4) is 0 Å². The second kappa shape index (κ2) is 5.94. The molecular weight excluding hydrogens is 331 g/mol. The number of hydrogen-bond acceptors (Lipinski definition) is 4. The van der Waals surface area contributed by atoms with Crippen molar-refractivity contribution in [3.05, 3.63) is 41.2 Å². The molecule has 1 aromatic carbocycles. The molecule has 0 saturated carbocycles. The molecule has 0 spiro atoms. The molecule has 0 amide bonds. The zero-order valence-electron chi connectivity index (χ0n) is 11.5. The van der Waals surface area contributed by atoms with E-state index in [9.17, 15) is 12.8 Å². The Bertz CT molecular complexity index is 766. The fourth-order valence-corrected chi connectivity index (χ4v) is 4.82. The Morgan fingerprint density at radius 1 is 1.36 bits per heavy atom. The van der Waals surface area contributed by atoms with Crippen molar-refractivity contribution in [2.45, 2.75) is 30.2 Å². The normalized spacial score (nSPS) is 20.2. The van der Waals surface area contributed by atoms with Crippen molar-refractivity contribution >= 4 is 21.6 Å². The smallest absolute Gasteiger partial charge is 0.245 e. The SMILES string of the molecule is O=S(=O)(c1ccc(F)cc1Cl)N1CCCC[C@H]1c1ncn[nH]1. The molecule has 1 aliphatic rings. The van der Waals surface area contributed by atoms with Crippen LogP contribution in [-0.2, 0) is 10.0 Å². The van der Waals surface area contributed by atoms with Crippen molar-refractivity contribution in [2.24, 2.45) is 0 Å². The van der Waals surface area contributed by atoms with Gasteiger partial charge in [0.05, 0.1) is 11.1 Å². The van der Waals surface area contributed by atoms with Crippen LogP contribution in [0.2, 0.25) is 5.02 Å². The average Bonchev–Trinajstić information content (AvgIpc) is 3.01. The second-order valence-electron chi connectivity index (χ2n) is 5.07. The third-order valence-corrected chi connectivity index (χ3v) is 6.07. The van der Waals surface area contributed by atoms with E-state index in [0.29, 0.717) is 18.8 Å². The van der Waals surface area contributed by atoms with E-state index >= 15 is 0 Å². The molecule has 118 valence electrons. The Morgan fingerprint density at radius 2 is 2.18 bits per heavy atom. The number of H-pyrrole nitrogens is 1. The lowest BCUT2D eigenvalue weighted by atomic mass is 10.0. The van der Waals surface area contributed by atoms with E-state index in [0.717, 1.165) is 25.0 Å². The number of nitrogens with one attached hydrogen (secondary N) is 1. The fraction of sp³-hybridized carbons (Fsp3) is 0.385. The van der Waals surface area contributed by atoms with Gasteiger partial charge in [0.1, 0.15) is 22.9 Å². The van der Waals surface area contributed by atoms with E-state index in [1.807, 2.05) is 0 Å². The molecule has 1 aliphatic heterocycles. The van der Waals surface area contributed by atoms with Gasteiger partial charge in [-0.3, -0.25) is 5.10 Å². The fourth-order valence-electron chi connectivity index (χ4n) is 2.65. The maximum atomic E-state index is 13.2. The third kappa shape index (κ3) is 2.73. The zero-order valence-corrected chi connectivity index (χ0v) is 13.1. The first-order chi connectivity index (χ1) is 10.5. The molecule has 0 bridgehead atoms. The Labute approximate surface area is 132 Å². The summed E-state index contributed by atoms with van der Waals surface area (Å²) in [5.41, 5.74) is 0. The molecule has 3 rings (SSSR count). The minimum absolute atomic E-state index is 0.0954. The van der Waals surface area contributed by atoms with E-state index in [4.69, 9.17) is 11.6 Å². The molecule has 1 saturated heterocycles. The molecule has 0 aliphatic carbocycles. The summed E-state index contributed by atoms with van der Waals surface area (Å²) >= 11 is 5.92. The van der Waals surface area contributed by atoms with Gasteiger partial charge in [-0.25, -0.2) is 17.8 Å². The van der Waals surface area contributed by atoms with Gasteiger partial charge in [0, 0.05) is 6.54 Å². The molecule has 0 unspecified atom stereocenters. The number of benzene rings is 1. The summed E-state index contributed by atoms with van der Waals surface area (Å²) in [6.45, 7) is 0.363. The summed E-state index contributed by atoms with van der Waals surface area (Å²) in [4.78, 5) is 3.97. The highest BCUT2D eigenvalue weighted by Gasteiger charge is 2.36. The predicted molar refractivity (Wildman–Crippen MR) is 78.3 cm³/mol. The molecule has 6 nitrogen and oxygen atoms in total. The summed E-state index contributed by atoms with van der Waals surface area (Å²) in [6, 6.07) is 2.87. The molecule has 1 N–H and O–H groups in total. The summed E-state index contributed by atoms with van der Waals surface area (Å²) in [5.74, 6) is -0.0733. The third-order valence-electron chi connectivity index (χ3n) is 3.68. The van der Waals surface area contributed by atoms with Crippen molar-refractivity contribution < 1.29 is 12.8 Å². The summed E-state index contributed by atoms with van der Waals surface area (Å²) in [7, 11) is -3.84. The van der Waals surface area contributed by atoms with Crippen LogP contribution >= 0.6 is 11.6 Å². The number of piperidine rings is 1. The average molecular weight is 345 g/mol. The summed E-state index contributed by atoms with van der Waals surface area (Å²) < 4.78 is 40.3. The minimum Gasteiger partial charge on any atom is -0.262 e. The van der Waals surface area contributed by atoms with Gasteiger partial charge in [-0.1, -0.05) is 18.0 Å². The lowest BCUT2D eigenvalue weighted by Crippen LogP contribution is -2.39. The zero-order chi connectivity index (χ0) is 15.7. The molecule has 2 aromatic rings. The van der Waals surface area contributed by atoms with E-state index in [-0.39, 0.29) is 9.92 Å². The number of aromatic nitrogens is 3. The van der Waals surface area contributed by atoms with Gasteiger partial charge in [-0.15, -0.1) is 0 Å². The number of sulfonamides is 1. The van der Waals surface area contributed by atoms with Gasteiger partial charge >= 0.3 is 0 Å². The highest BCUT2D eigenvalue weighted by atomic mass is 35.5.